The predicted molar refractivity (Wildman–Crippen MR) is 157 cm³/mol. The highest BCUT2D eigenvalue weighted by atomic mass is 32.2. The van der Waals surface area contributed by atoms with Crippen LogP contribution in [-0.4, -0.2) is 47.0 Å². The maximum absolute atomic E-state index is 13.3. The molecule has 8 nitrogen and oxygen atoms in total. The molecule has 0 aromatic heterocycles. The van der Waals surface area contributed by atoms with Gasteiger partial charge in [-0.2, -0.15) is 0 Å². The zero-order chi connectivity index (χ0) is 28.2. The van der Waals surface area contributed by atoms with Gasteiger partial charge in [0.1, 0.15) is 0 Å². The Morgan fingerprint density at radius 3 is 1.92 bits per heavy atom. The average Bonchev–Trinajstić information content (AvgIpc) is 3.20. The predicted octanol–water partition coefficient (Wildman–Crippen LogP) is 5.64. The molecule has 1 fully saturated rings. The number of hydrogen-bond acceptors (Lipinski definition) is 6. The molecule has 0 radical (unpaired) electrons. The van der Waals surface area contributed by atoms with E-state index < -0.39 is 20.0 Å². The molecule has 2 N–H and O–H groups in total. The lowest BCUT2D eigenvalue weighted by molar-refractivity contribution is 0.0758. The molecule has 4 rings (SSSR count). The zero-order valence-corrected chi connectivity index (χ0v) is 24.7. The van der Waals surface area contributed by atoms with E-state index in [9.17, 15) is 21.6 Å². The molecule has 1 saturated heterocycles. The summed E-state index contributed by atoms with van der Waals surface area (Å²) in [6.07, 6.45) is 5.89. The molecule has 0 atom stereocenters. The maximum atomic E-state index is 13.3. The van der Waals surface area contributed by atoms with Gasteiger partial charge in [0.25, 0.3) is 26.0 Å². The molecule has 1 aliphatic rings. The van der Waals surface area contributed by atoms with Crippen LogP contribution in [0.15, 0.2) is 75.4 Å². The standard InChI is InChI=1S/C28H33N3O5S3/c1-20-9-8-10-21(2)27(20)30-38(33,34)23-13-11-22(12-14-23)29-39(35,36)24-15-16-26(37-3)25(19-24)28(32)31-17-6-4-5-7-18-31/h8-16,19,29-30H,4-7,17-18H2,1-3H3. The van der Waals surface area contributed by atoms with Crippen molar-refractivity contribution in [2.24, 2.45) is 0 Å². The number of hydrogen-bond donors (Lipinski definition) is 2. The summed E-state index contributed by atoms with van der Waals surface area (Å²) in [7, 11) is -7.91. The Hall–Kier alpha value is -3.02. The number of nitrogens with zero attached hydrogens (tertiary/aromatic N) is 1. The number of amides is 1. The number of carbonyl (C=O) groups is 1. The second kappa shape index (κ2) is 12.0. The number of thioether (sulfide) groups is 1. The summed E-state index contributed by atoms with van der Waals surface area (Å²) in [5, 5.41) is 0. The van der Waals surface area contributed by atoms with Crippen LogP contribution in [0.5, 0.6) is 0 Å². The fraction of sp³-hybridized carbons (Fsp3) is 0.321. The number of anilines is 2. The first kappa shape index (κ1) is 29.0. The van der Waals surface area contributed by atoms with Crippen LogP contribution in [0.2, 0.25) is 0 Å². The summed E-state index contributed by atoms with van der Waals surface area (Å²) in [5.74, 6) is -0.163. The summed E-state index contributed by atoms with van der Waals surface area (Å²) >= 11 is 1.40. The fourth-order valence-corrected chi connectivity index (χ4v) is 7.41. The van der Waals surface area contributed by atoms with Crippen LogP contribution in [0.25, 0.3) is 0 Å². The third-order valence-corrected chi connectivity index (χ3v) is 10.3. The van der Waals surface area contributed by atoms with Crippen molar-refractivity contribution in [3.8, 4) is 0 Å². The Morgan fingerprint density at radius 2 is 1.33 bits per heavy atom. The monoisotopic (exact) mass is 587 g/mol. The molecule has 3 aromatic carbocycles. The van der Waals surface area contributed by atoms with E-state index >= 15 is 0 Å². The second-order valence-electron chi connectivity index (χ2n) is 9.57. The van der Waals surface area contributed by atoms with Crippen molar-refractivity contribution >= 4 is 49.1 Å². The number of nitrogens with one attached hydrogen (secondary N) is 2. The number of sulfonamides is 2. The van der Waals surface area contributed by atoms with Crippen LogP contribution >= 0.6 is 11.8 Å². The smallest absolute Gasteiger partial charge is 0.261 e. The van der Waals surface area contributed by atoms with Crippen LogP contribution in [0, 0.1) is 13.8 Å². The Kier molecular flexibility index (Phi) is 8.93. The highest BCUT2D eigenvalue weighted by molar-refractivity contribution is 7.98. The van der Waals surface area contributed by atoms with Crippen LogP contribution in [-0.2, 0) is 20.0 Å². The molecule has 3 aromatic rings. The minimum atomic E-state index is -4.04. The quantitative estimate of drug-likeness (QED) is 0.330. The number of aryl methyl sites for hydroxylation is 2. The summed E-state index contributed by atoms with van der Waals surface area (Å²) in [5.41, 5.74) is 2.68. The zero-order valence-electron chi connectivity index (χ0n) is 22.2. The third-order valence-electron chi connectivity index (χ3n) is 6.74. The molecule has 1 aliphatic heterocycles. The molecule has 1 heterocycles. The third kappa shape index (κ3) is 6.77. The Bertz CT molecular complexity index is 1540. The molecule has 0 spiro atoms. The van der Waals surface area contributed by atoms with Crippen LogP contribution in [0.1, 0.15) is 47.2 Å². The number of benzene rings is 3. The lowest BCUT2D eigenvalue weighted by atomic mass is 10.1. The number of likely N-dealkylation sites (tertiary alicyclic amines) is 1. The van der Waals surface area contributed by atoms with Crippen molar-refractivity contribution in [3.63, 3.8) is 0 Å². The summed E-state index contributed by atoms with van der Waals surface area (Å²) in [4.78, 5) is 15.8. The van der Waals surface area contributed by atoms with Gasteiger partial charge < -0.3 is 4.90 Å². The van der Waals surface area contributed by atoms with Gasteiger partial charge in [-0.15, -0.1) is 11.8 Å². The first-order chi connectivity index (χ1) is 18.5. The number of carbonyl (C=O) groups excluding carboxylic acids is 1. The van der Waals surface area contributed by atoms with E-state index in [1.807, 2.05) is 38.3 Å². The number of rotatable bonds is 8. The van der Waals surface area contributed by atoms with Crippen molar-refractivity contribution in [1.29, 1.82) is 0 Å². The summed E-state index contributed by atoms with van der Waals surface area (Å²) in [6, 6.07) is 15.5. The lowest BCUT2D eigenvalue weighted by Crippen LogP contribution is -2.32. The second-order valence-corrected chi connectivity index (χ2v) is 13.8. The average molecular weight is 588 g/mol. The molecule has 39 heavy (non-hydrogen) atoms. The van der Waals surface area contributed by atoms with E-state index in [0.29, 0.717) is 29.2 Å². The van der Waals surface area contributed by atoms with Gasteiger partial charge in [0.05, 0.1) is 21.0 Å². The Balaban J connectivity index is 1.55. The van der Waals surface area contributed by atoms with Crippen molar-refractivity contribution in [3.05, 3.63) is 77.4 Å². The van der Waals surface area contributed by atoms with Gasteiger partial charge in [-0.25, -0.2) is 16.8 Å². The van der Waals surface area contributed by atoms with Crippen molar-refractivity contribution in [1.82, 2.24) is 4.90 Å². The van der Waals surface area contributed by atoms with E-state index in [2.05, 4.69) is 9.44 Å². The minimum Gasteiger partial charge on any atom is -0.339 e. The van der Waals surface area contributed by atoms with Gasteiger partial charge in [-0.3, -0.25) is 14.2 Å². The molecular weight excluding hydrogens is 555 g/mol. The first-order valence-electron chi connectivity index (χ1n) is 12.7. The van der Waals surface area contributed by atoms with Crippen LogP contribution in [0.4, 0.5) is 11.4 Å². The van der Waals surface area contributed by atoms with Gasteiger partial charge >= 0.3 is 0 Å². The molecule has 11 heteroatoms. The molecule has 0 saturated carbocycles. The van der Waals surface area contributed by atoms with E-state index in [4.69, 9.17) is 0 Å². The fourth-order valence-electron chi connectivity index (χ4n) is 4.55. The van der Waals surface area contributed by atoms with Crippen LogP contribution in [0.3, 0.4) is 0 Å². The van der Waals surface area contributed by atoms with Crippen molar-refractivity contribution in [2.75, 3.05) is 28.8 Å². The molecule has 208 valence electrons. The molecule has 0 aliphatic carbocycles. The lowest BCUT2D eigenvalue weighted by Gasteiger charge is -2.22. The van der Waals surface area contributed by atoms with E-state index in [-0.39, 0.29) is 21.4 Å². The molecular formula is C28H33N3O5S3. The Morgan fingerprint density at radius 1 is 0.769 bits per heavy atom. The van der Waals surface area contributed by atoms with Gasteiger partial charge in [0, 0.05) is 23.7 Å². The molecule has 0 bridgehead atoms. The Labute approximate surface area is 235 Å². The highest BCUT2D eigenvalue weighted by Gasteiger charge is 2.24. The van der Waals surface area contributed by atoms with Gasteiger partial charge in [-0.1, -0.05) is 31.0 Å². The number of para-hydroxylation sites is 1. The van der Waals surface area contributed by atoms with Crippen molar-refractivity contribution < 1.29 is 21.6 Å². The normalized spacial score (nSPS) is 14.5. The molecule has 1 amide bonds. The minimum absolute atomic E-state index is 0.00255. The van der Waals surface area contributed by atoms with Gasteiger partial charge in [0.2, 0.25) is 0 Å². The maximum Gasteiger partial charge on any atom is 0.261 e. The van der Waals surface area contributed by atoms with E-state index in [1.54, 1.807) is 11.0 Å². The van der Waals surface area contributed by atoms with Crippen LogP contribution < -0.4 is 9.44 Å². The SMILES string of the molecule is CSc1ccc(S(=O)(=O)Nc2ccc(S(=O)(=O)Nc3c(C)cccc3C)cc2)cc1C(=O)N1CCCCCC1. The highest BCUT2D eigenvalue weighted by Crippen LogP contribution is 2.28. The topological polar surface area (TPSA) is 113 Å². The van der Waals surface area contributed by atoms with E-state index in [1.165, 1.54) is 48.2 Å². The van der Waals surface area contributed by atoms with Gasteiger partial charge in [0.15, 0.2) is 0 Å². The summed E-state index contributed by atoms with van der Waals surface area (Å²) in [6.45, 7) is 4.97. The van der Waals surface area contributed by atoms with Gasteiger partial charge in [-0.05, 0) is 86.5 Å². The van der Waals surface area contributed by atoms with Crippen molar-refractivity contribution in [2.45, 2.75) is 54.2 Å². The summed E-state index contributed by atoms with van der Waals surface area (Å²) < 4.78 is 57.5. The largest absolute Gasteiger partial charge is 0.339 e. The van der Waals surface area contributed by atoms with E-state index in [0.717, 1.165) is 36.8 Å². The molecule has 0 unspecified atom stereocenters. The first-order valence-corrected chi connectivity index (χ1v) is 16.9.